The Morgan fingerprint density at radius 1 is 1.09 bits per heavy atom. The van der Waals surface area contributed by atoms with E-state index in [0.717, 1.165) is 0 Å². The molecule has 4 atom stereocenters. The van der Waals surface area contributed by atoms with Crippen molar-refractivity contribution in [3.05, 3.63) is 22.5 Å². The minimum absolute atomic E-state index is 0.158. The first-order chi connectivity index (χ1) is 14.9. The van der Waals surface area contributed by atoms with Crippen LogP contribution in [-0.2, 0) is 17.7 Å². The highest BCUT2D eigenvalue weighted by molar-refractivity contribution is 14.1. The van der Waals surface area contributed by atoms with Crippen LogP contribution in [0.4, 0.5) is 5.95 Å². The number of halogens is 1. The zero-order chi connectivity index (χ0) is 24.0. The van der Waals surface area contributed by atoms with Gasteiger partial charge in [0.25, 0.3) is 0 Å². The molecule has 0 amide bonds. The molecule has 0 spiro atoms. The van der Waals surface area contributed by atoms with Crippen molar-refractivity contribution < 1.29 is 22.6 Å². The number of fused-ring (bicyclic) bond motifs is 1. The lowest BCUT2D eigenvalue weighted by molar-refractivity contribution is -0.398. The molecule has 0 saturated carbocycles. The number of rotatable bonds is 6. The molecule has 2 saturated heterocycles. The molecule has 1 aromatic heterocycles. The number of alkyl halides is 1. The fourth-order valence-electron chi connectivity index (χ4n) is 4.98. The average Bonchev–Trinajstić information content (AvgIpc) is 3.26. The lowest BCUT2D eigenvalue weighted by Gasteiger charge is -2.51. The Bertz CT molecular complexity index is 805. The minimum Gasteiger partial charge on any atom is -0.414 e. The van der Waals surface area contributed by atoms with Crippen molar-refractivity contribution in [2.24, 2.45) is 0 Å². The Kier molecular flexibility index (Phi) is 7.95. The summed E-state index contributed by atoms with van der Waals surface area (Å²) in [4.78, 5) is 14.9. The molecule has 1 aromatic rings. The maximum atomic E-state index is 11.5. The SMILES string of the molecule is CC(C)[Si]1(C(C)C)OC[C@H]2O[C@@H](n3ccnc3[N+](=O)[O-])[C@@H](I)[C@@H]2O[Si](C(C)C)(C(C)C)O1. The molecule has 0 aliphatic carbocycles. The van der Waals surface area contributed by atoms with Crippen molar-refractivity contribution in [3.8, 4) is 0 Å². The van der Waals surface area contributed by atoms with Crippen molar-refractivity contribution in [1.82, 2.24) is 9.55 Å². The highest BCUT2D eigenvalue weighted by atomic mass is 127. The van der Waals surface area contributed by atoms with Gasteiger partial charge in [-0.1, -0.05) is 83.0 Å². The number of hydrogen-bond donors (Lipinski definition) is 0. The van der Waals surface area contributed by atoms with Crippen LogP contribution in [0.15, 0.2) is 12.4 Å². The van der Waals surface area contributed by atoms with Gasteiger partial charge in [0, 0.05) is 0 Å². The van der Waals surface area contributed by atoms with Gasteiger partial charge >= 0.3 is 23.1 Å². The molecule has 9 nitrogen and oxygen atoms in total. The van der Waals surface area contributed by atoms with E-state index in [2.05, 4.69) is 83.0 Å². The maximum Gasteiger partial charge on any atom is 0.436 e. The summed E-state index contributed by atoms with van der Waals surface area (Å²) in [5.41, 5.74) is 0.905. The van der Waals surface area contributed by atoms with Gasteiger partial charge in [-0.25, -0.2) is 4.57 Å². The average molecular weight is 598 g/mol. The van der Waals surface area contributed by atoms with Crippen LogP contribution in [0, 0.1) is 10.1 Å². The summed E-state index contributed by atoms with van der Waals surface area (Å²) in [6, 6.07) is 0. The Labute approximate surface area is 206 Å². The number of nitro groups is 1. The Hall–Kier alpha value is -0.386. The molecule has 0 unspecified atom stereocenters. The van der Waals surface area contributed by atoms with Gasteiger partial charge in [-0.2, -0.15) is 0 Å². The van der Waals surface area contributed by atoms with Crippen molar-refractivity contribution in [2.45, 2.75) is 99.9 Å². The van der Waals surface area contributed by atoms with Gasteiger partial charge in [-0.3, -0.25) is 0 Å². The summed E-state index contributed by atoms with van der Waals surface area (Å²) in [7, 11) is -5.42. The van der Waals surface area contributed by atoms with E-state index in [1.165, 1.54) is 10.8 Å². The Morgan fingerprint density at radius 3 is 2.16 bits per heavy atom. The van der Waals surface area contributed by atoms with Crippen LogP contribution in [0.3, 0.4) is 0 Å². The standard InChI is InChI=1S/C20H36IN3O6Si2/c1-12(2)31(13(3)4)27-11-16-18(29-32(30-31,14(5)6)15(7)8)17(21)19(28-16)23-10-9-22-20(23)24(25)26/h9-10,12-19H,11H2,1-8H3/t16-,17+,18-,19-/m1/s1. The summed E-state index contributed by atoms with van der Waals surface area (Å²) in [6.07, 6.45) is 1.85. The lowest BCUT2D eigenvalue weighted by Crippen LogP contribution is -2.65. The molecule has 0 bridgehead atoms. The molecule has 0 aromatic carbocycles. The minimum atomic E-state index is -2.77. The van der Waals surface area contributed by atoms with E-state index in [1.54, 1.807) is 6.20 Å². The Balaban J connectivity index is 2.06. The number of aromatic nitrogens is 2. The summed E-state index contributed by atoms with van der Waals surface area (Å²) >= 11 is 2.30. The maximum absolute atomic E-state index is 11.5. The van der Waals surface area contributed by atoms with Crippen molar-refractivity contribution in [2.75, 3.05) is 6.61 Å². The number of imidazole rings is 1. The van der Waals surface area contributed by atoms with Crippen LogP contribution < -0.4 is 0 Å². The molecule has 3 rings (SSSR count). The summed E-state index contributed by atoms with van der Waals surface area (Å²) in [6.45, 7) is 17.8. The van der Waals surface area contributed by atoms with Gasteiger partial charge in [-0.15, -0.1) is 0 Å². The fourth-order valence-corrected chi connectivity index (χ4v) is 17.6. The van der Waals surface area contributed by atoms with Crippen LogP contribution in [-0.4, -0.2) is 54.3 Å². The van der Waals surface area contributed by atoms with E-state index in [4.69, 9.17) is 17.7 Å². The molecule has 2 aliphatic heterocycles. The highest BCUT2D eigenvalue weighted by Crippen LogP contribution is 2.49. The zero-order valence-electron chi connectivity index (χ0n) is 20.1. The first-order valence-corrected chi connectivity index (χ1v) is 16.5. The van der Waals surface area contributed by atoms with E-state index in [1.807, 2.05) is 0 Å². The molecule has 182 valence electrons. The third kappa shape index (κ3) is 4.36. The van der Waals surface area contributed by atoms with Crippen molar-refractivity contribution in [1.29, 1.82) is 0 Å². The van der Waals surface area contributed by atoms with Crippen molar-refractivity contribution >= 4 is 45.7 Å². The van der Waals surface area contributed by atoms with E-state index < -0.39 is 28.3 Å². The first kappa shape index (κ1) is 26.2. The first-order valence-electron chi connectivity index (χ1n) is 11.4. The monoisotopic (exact) mass is 597 g/mol. The lowest BCUT2D eigenvalue weighted by atomic mass is 10.2. The predicted molar refractivity (Wildman–Crippen MR) is 134 cm³/mol. The summed E-state index contributed by atoms with van der Waals surface area (Å²) < 4.78 is 28.7. The fraction of sp³-hybridized carbons (Fsp3) is 0.850. The molecule has 0 N–H and O–H groups in total. The topological polar surface area (TPSA) is 97.9 Å². The summed E-state index contributed by atoms with van der Waals surface area (Å²) in [5.74, 6) is -0.229. The molecule has 2 aliphatic rings. The molecule has 32 heavy (non-hydrogen) atoms. The van der Waals surface area contributed by atoms with Crippen molar-refractivity contribution in [3.63, 3.8) is 0 Å². The number of hydrogen-bond acceptors (Lipinski definition) is 7. The molecular formula is C20H36IN3O6Si2. The summed E-state index contributed by atoms with van der Waals surface area (Å²) in [5, 5.41) is 11.5. The third-order valence-corrected chi connectivity index (χ3v) is 18.3. The third-order valence-electron chi connectivity index (χ3n) is 6.68. The predicted octanol–water partition coefficient (Wildman–Crippen LogP) is 5.45. The largest absolute Gasteiger partial charge is 0.436 e. The smallest absolute Gasteiger partial charge is 0.414 e. The highest BCUT2D eigenvalue weighted by Gasteiger charge is 2.62. The second kappa shape index (κ2) is 9.70. The van der Waals surface area contributed by atoms with Gasteiger partial charge in [0.2, 0.25) is 0 Å². The van der Waals surface area contributed by atoms with Gasteiger partial charge in [0.1, 0.15) is 18.5 Å². The van der Waals surface area contributed by atoms with Crippen LogP contribution in [0.25, 0.3) is 0 Å². The van der Waals surface area contributed by atoms with E-state index in [-0.39, 0.29) is 44.2 Å². The van der Waals surface area contributed by atoms with Crippen LogP contribution in [0.1, 0.15) is 61.6 Å². The number of ether oxygens (including phenoxy) is 1. The van der Waals surface area contributed by atoms with Crippen LogP contribution in [0.2, 0.25) is 22.2 Å². The molecule has 3 heterocycles. The van der Waals surface area contributed by atoms with Gasteiger partial charge < -0.3 is 27.8 Å². The van der Waals surface area contributed by atoms with Crippen LogP contribution in [0.5, 0.6) is 0 Å². The molecule has 0 radical (unpaired) electrons. The zero-order valence-corrected chi connectivity index (χ0v) is 24.3. The molecule has 12 heteroatoms. The normalized spacial score (nSPS) is 30.0. The second-order valence-corrected chi connectivity index (χ2v) is 20.2. The van der Waals surface area contributed by atoms with E-state index in [0.29, 0.717) is 6.61 Å². The van der Waals surface area contributed by atoms with Gasteiger partial charge in [0.15, 0.2) is 6.23 Å². The second-order valence-electron chi connectivity index (χ2n) is 9.96. The van der Waals surface area contributed by atoms with Gasteiger partial charge in [-0.05, 0) is 27.1 Å². The van der Waals surface area contributed by atoms with E-state index in [9.17, 15) is 10.1 Å². The quantitative estimate of drug-likeness (QED) is 0.141. The Morgan fingerprint density at radius 2 is 1.66 bits per heavy atom. The molecular weight excluding hydrogens is 561 g/mol. The number of nitrogens with zero attached hydrogens (tertiary/aromatic N) is 3. The van der Waals surface area contributed by atoms with Crippen LogP contribution >= 0.6 is 22.6 Å². The van der Waals surface area contributed by atoms with Gasteiger partial charge in [0.05, 0.1) is 16.6 Å². The van der Waals surface area contributed by atoms with E-state index >= 15 is 0 Å². The molecule has 2 fully saturated rings.